The second-order valence-corrected chi connectivity index (χ2v) is 4.62. The molecule has 0 aromatic carbocycles. The van der Waals surface area contributed by atoms with E-state index in [2.05, 4.69) is 34.2 Å². The maximum atomic E-state index is 10.4. The topological polar surface area (TPSA) is 67.1 Å². The van der Waals surface area contributed by atoms with Gasteiger partial charge in [-0.1, -0.05) is 13.8 Å². The first-order chi connectivity index (χ1) is 7.96. The molecule has 0 aliphatic heterocycles. The fraction of sp³-hybridized carbons (Fsp3) is 0.909. The molecule has 1 rings (SSSR count). The monoisotopic (exact) mass is 241 g/mol. The van der Waals surface area contributed by atoms with E-state index >= 15 is 0 Å². The highest BCUT2D eigenvalue weighted by Gasteiger charge is 2.37. The van der Waals surface area contributed by atoms with Gasteiger partial charge in [0.05, 0.1) is 13.2 Å². The van der Waals surface area contributed by atoms with Crippen LogP contribution in [0, 0.1) is 0 Å². The molecule has 1 N–H and O–H groups in total. The lowest BCUT2D eigenvalue weighted by molar-refractivity contribution is -0.0136. The van der Waals surface area contributed by atoms with Crippen molar-refractivity contribution in [1.29, 1.82) is 0 Å². The second-order valence-electron chi connectivity index (χ2n) is 4.62. The van der Waals surface area contributed by atoms with Gasteiger partial charge < -0.3 is 10.0 Å². The highest BCUT2D eigenvalue weighted by atomic mass is 16.3. The average molecular weight is 241 g/mol. The molecule has 0 radical (unpaired) electrons. The van der Waals surface area contributed by atoms with E-state index in [4.69, 9.17) is 0 Å². The number of nitrogens with zero attached hydrogens (tertiary/aromatic N) is 5. The third-order valence-corrected chi connectivity index (χ3v) is 3.66. The van der Waals surface area contributed by atoms with Crippen LogP contribution in [-0.4, -0.2) is 56.0 Å². The number of likely N-dealkylation sites (N-methyl/N-ethyl adjacent to an activating group) is 1. The molecule has 1 atom stereocenters. The average Bonchev–Trinajstić information content (AvgIpc) is 2.66. The van der Waals surface area contributed by atoms with Crippen LogP contribution in [0.2, 0.25) is 0 Å². The van der Waals surface area contributed by atoms with Gasteiger partial charge in [-0.25, -0.2) is 0 Å². The SMILES string of the molecule is CCC(CC)(C(O)Cc1nnn(C)n1)N(C)C. The summed E-state index contributed by atoms with van der Waals surface area (Å²) in [5, 5.41) is 22.2. The highest BCUT2D eigenvalue weighted by Crippen LogP contribution is 2.27. The van der Waals surface area contributed by atoms with E-state index in [0.29, 0.717) is 12.2 Å². The van der Waals surface area contributed by atoms with Gasteiger partial charge in [0.25, 0.3) is 0 Å². The van der Waals surface area contributed by atoms with Crippen molar-refractivity contribution in [2.75, 3.05) is 14.1 Å². The van der Waals surface area contributed by atoms with E-state index in [9.17, 15) is 5.11 Å². The highest BCUT2D eigenvalue weighted by molar-refractivity contribution is 4.97. The zero-order valence-corrected chi connectivity index (χ0v) is 11.4. The molecule has 0 bridgehead atoms. The van der Waals surface area contributed by atoms with Crippen LogP contribution in [0.15, 0.2) is 0 Å². The molecular formula is C11H23N5O. The van der Waals surface area contributed by atoms with Gasteiger partial charge in [0, 0.05) is 12.0 Å². The number of tetrazole rings is 1. The van der Waals surface area contributed by atoms with E-state index in [0.717, 1.165) is 12.8 Å². The Balaban J connectivity index is 2.82. The molecule has 1 heterocycles. The Morgan fingerprint density at radius 3 is 2.29 bits per heavy atom. The molecule has 98 valence electrons. The van der Waals surface area contributed by atoms with Crippen molar-refractivity contribution in [3.05, 3.63) is 5.82 Å². The minimum absolute atomic E-state index is 0.223. The fourth-order valence-electron chi connectivity index (χ4n) is 2.42. The lowest BCUT2D eigenvalue weighted by atomic mass is 9.83. The van der Waals surface area contributed by atoms with Crippen LogP contribution in [0.4, 0.5) is 0 Å². The second kappa shape index (κ2) is 5.55. The standard InChI is InChI=1S/C11H23N5O/c1-6-11(7-2,15(3)4)9(17)8-10-12-14-16(5)13-10/h9,17H,6-8H2,1-5H3. The van der Waals surface area contributed by atoms with E-state index in [1.807, 2.05) is 14.1 Å². The molecule has 0 aliphatic carbocycles. The molecule has 0 spiro atoms. The third-order valence-electron chi connectivity index (χ3n) is 3.66. The minimum Gasteiger partial charge on any atom is -0.391 e. The molecule has 0 saturated carbocycles. The van der Waals surface area contributed by atoms with Gasteiger partial charge in [-0.3, -0.25) is 0 Å². The van der Waals surface area contributed by atoms with Crippen molar-refractivity contribution in [1.82, 2.24) is 25.1 Å². The molecule has 0 fully saturated rings. The summed E-state index contributed by atoms with van der Waals surface area (Å²) in [6, 6.07) is 0. The van der Waals surface area contributed by atoms with Gasteiger partial charge in [0.1, 0.15) is 0 Å². The number of hydrogen-bond acceptors (Lipinski definition) is 5. The van der Waals surface area contributed by atoms with Gasteiger partial charge in [-0.05, 0) is 32.2 Å². The lowest BCUT2D eigenvalue weighted by Crippen LogP contribution is -2.53. The van der Waals surface area contributed by atoms with Gasteiger partial charge >= 0.3 is 0 Å². The smallest absolute Gasteiger partial charge is 0.177 e. The molecule has 1 aromatic heterocycles. The molecule has 17 heavy (non-hydrogen) atoms. The number of rotatable bonds is 6. The van der Waals surface area contributed by atoms with Crippen molar-refractivity contribution in [3.63, 3.8) is 0 Å². The predicted molar refractivity (Wildman–Crippen MR) is 65.5 cm³/mol. The van der Waals surface area contributed by atoms with Crippen molar-refractivity contribution in [2.45, 2.75) is 44.8 Å². The van der Waals surface area contributed by atoms with Gasteiger partial charge in [-0.15, -0.1) is 10.2 Å². The van der Waals surface area contributed by atoms with Gasteiger partial charge in [0.2, 0.25) is 0 Å². The number of hydrogen-bond donors (Lipinski definition) is 1. The summed E-state index contributed by atoms with van der Waals surface area (Å²) in [7, 11) is 5.72. The Morgan fingerprint density at radius 1 is 1.35 bits per heavy atom. The summed E-state index contributed by atoms with van der Waals surface area (Å²) in [6.45, 7) is 4.19. The Morgan fingerprint density at radius 2 is 1.94 bits per heavy atom. The van der Waals surface area contributed by atoms with Gasteiger partial charge in [-0.2, -0.15) is 4.80 Å². The molecule has 6 heteroatoms. The molecule has 1 unspecified atom stereocenters. The Hall–Kier alpha value is -1.01. The molecule has 6 nitrogen and oxygen atoms in total. The minimum atomic E-state index is -0.489. The lowest BCUT2D eigenvalue weighted by Gasteiger charge is -2.42. The van der Waals surface area contributed by atoms with E-state index in [1.165, 1.54) is 4.80 Å². The van der Waals surface area contributed by atoms with E-state index in [1.54, 1.807) is 7.05 Å². The summed E-state index contributed by atoms with van der Waals surface area (Å²) >= 11 is 0. The van der Waals surface area contributed by atoms with Crippen LogP contribution in [0.5, 0.6) is 0 Å². The first-order valence-corrected chi connectivity index (χ1v) is 6.04. The predicted octanol–water partition coefficient (Wildman–Crippen LogP) is 0.234. The van der Waals surface area contributed by atoms with Crippen molar-refractivity contribution in [2.24, 2.45) is 7.05 Å². The van der Waals surface area contributed by atoms with Crippen LogP contribution in [-0.2, 0) is 13.5 Å². The van der Waals surface area contributed by atoms with Crippen LogP contribution < -0.4 is 0 Å². The summed E-state index contributed by atoms with van der Waals surface area (Å²) in [4.78, 5) is 3.51. The summed E-state index contributed by atoms with van der Waals surface area (Å²) in [5.74, 6) is 0.591. The molecular weight excluding hydrogens is 218 g/mol. The van der Waals surface area contributed by atoms with E-state index < -0.39 is 6.10 Å². The quantitative estimate of drug-likeness (QED) is 0.772. The third kappa shape index (κ3) is 2.81. The Bertz CT molecular complexity index is 345. The van der Waals surface area contributed by atoms with Gasteiger partial charge in [0.15, 0.2) is 5.82 Å². The number of aliphatic hydroxyl groups is 1. The zero-order chi connectivity index (χ0) is 13.1. The molecule has 1 aromatic rings. The maximum Gasteiger partial charge on any atom is 0.177 e. The number of aliphatic hydroxyl groups excluding tert-OH is 1. The first kappa shape index (κ1) is 14.1. The molecule has 0 amide bonds. The fourth-order valence-corrected chi connectivity index (χ4v) is 2.42. The van der Waals surface area contributed by atoms with Crippen molar-refractivity contribution in [3.8, 4) is 0 Å². The summed E-state index contributed by atoms with van der Waals surface area (Å²) < 4.78 is 0. The van der Waals surface area contributed by atoms with Crippen molar-refractivity contribution < 1.29 is 5.11 Å². The molecule has 0 saturated heterocycles. The molecule has 0 aliphatic rings. The Kier molecular flexibility index (Phi) is 4.59. The summed E-state index contributed by atoms with van der Waals surface area (Å²) in [6.07, 6.45) is 1.72. The van der Waals surface area contributed by atoms with Crippen LogP contribution in [0.3, 0.4) is 0 Å². The van der Waals surface area contributed by atoms with Crippen LogP contribution in [0.25, 0.3) is 0 Å². The maximum absolute atomic E-state index is 10.4. The number of aromatic nitrogens is 4. The normalized spacial score (nSPS) is 14.3. The number of aryl methyl sites for hydroxylation is 1. The Labute approximate surface area is 103 Å². The zero-order valence-electron chi connectivity index (χ0n) is 11.4. The van der Waals surface area contributed by atoms with E-state index in [-0.39, 0.29) is 5.54 Å². The van der Waals surface area contributed by atoms with Crippen molar-refractivity contribution >= 4 is 0 Å². The summed E-state index contributed by atoms with van der Waals surface area (Å²) in [5.41, 5.74) is -0.223. The van der Waals surface area contributed by atoms with Crippen LogP contribution in [0.1, 0.15) is 32.5 Å². The first-order valence-electron chi connectivity index (χ1n) is 6.04. The largest absolute Gasteiger partial charge is 0.391 e. The van der Waals surface area contributed by atoms with Crippen LogP contribution >= 0.6 is 0 Å².